The quantitative estimate of drug-likeness (QED) is 0.361. The fourth-order valence-corrected chi connectivity index (χ4v) is 5.70. The molecule has 1 aromatic heterocycles. The highest BCUT2D eigenvalue weighted by atomic mass is 32.2. The summed E-state index contributed by atoms with van der Waals surface area (Å²) in [6.07, 6.45) is 0.124. The van der Waals surface area contributed by atoms with Gasteiger partial charge in [-0.15, -0.1) is 23.1 Å². The summed E-state index contributed by atoms with van der Waals surface area (Å²) in [5.74, 6) is -4.32. The second-order valence-electron chi connectivity index (χ2n) is 7.40. The maximum Gasteiger partial charge on any atom is 0.352 e. The number of carbonyl (C=O) groups is 5. The lowest BCUT2D eigenvalue weighted by atomic mass is 10.0. The van der Waals surface area contributed by atoms with E-state index < -0.39 is 41.8 Å². The average Bonchev–Trinajstić information content (AvgIpc) is 3.33. The number of aromatic carboxylic acids is 1. The molecule has 2 aliphatic heterocycles. The zero-order valence-corrected chi connectivity index (χ0v) is 19.1. The lowest BCUT2D eigenvalue weighted by molar-refractivity contribution is -0.150. The number of thiophene rings is 1. The Labute approximate surface area is 201 Å². The summed E-state index contributed by atoms with van der Waals surface area (Å²) < 4.78 is 5.19. The van der Waals surface area contributed by atoms with Gasteiger partial charge in [0.05, 0.1) is 17.5 Å². The van der Waals surface area contributed by atoms with Gasteiger partial charge in [-0.05, 0) is 23.6 Å². The molecule has 0 bridgehead atoms. The monoisotopic (exact) mass is 502 g/mol. The molecule has 2 aliphatic rings. The van der Waals surface area contributed by atoms with E-state index in [2.05, 4.69) is 5.32 Å². The summed E-state index contributed by atoms with van der Waals surface area (Å²) in [6, 6.07) is 8.28. The number of nitrogens with one attached hydrogen (secondary N) is 1. The van der Waals surface area contributed by atoms with Crippen LogP contribution in [0.2, 0.25) is 0 Å². The molecule has 1 aromatic carbocycles. The van der Waals surface area contributed by atoms with E-state index in [1.54, 1.807) is 0 Å². The molecule has 2 amide bonds. The largest absolute Gasteiger partial charge is 0.478 e. The van der Waals surface area contributed by atoms with Crippen molar-refractivity contribution in [2.24, 2.45) is 0 Å². The first-order chi connectivity index (χ1) is 16.3. The van der Waals surface area contributed by atoms with Crippen molar-refractivity contribution in [1.29, 1.82) is 0 Å². The fraction of sp³-hybridized carbons (Fsp3) is 0.227. The molecule has 0 saturated carbocycles. The van der Waals surface area contributed by atoms with Gasteiger partial charge in [-0.3, -0.25) is 14.5 Å². The van der Waals surface area contributed by atoms with E-state index in [-0.39, 0.29) is 40.5 Å². The predicted molar refractivity (Wildman–Crippen MR) is 121 cm³/mol. The molecule has 34 heavy (non-hydrogen) atoms. The van der Waals surface area contributed by atoms with Crippen LogP contribution in [0.15, 0.2) is 53.0 Å². The normalized spacial score (nSPS) is 19.2. The summed E-state index contributed by atoms with van der Waals surface area (Å²) in [5.41, 5.74) is -0.497. The molecular formula is C22H18N2O8S2. The minimum Gasteiger partial charge on any atom is -0.478 e. The molecular weight excluding hydrogens is 484 g/mol. The van der Waals surface area contributed by atoms with Gasteiger partial charge in [-0.1, -0.05) is 18.2 Å². The number of hydrogen-bond acceptors (Lipinski definition) is 8. The highest BCUT2D eigenvalue weighted by Gasteiger charge is 2.54. The van der Waals surface area contributed by atoms with Crippen LogP contribution in [0.1, 0.15) is 25.6 Å². The number of carboxylic acid groups (broad SMARTS) is 2. The Morgan fingerprint density at radius 2 is 1.79 bits per heavy atom. The van der Waals surface area contributed by atoms with Crippen LogP contribution in [-0.4, -0.2) is 68.6 Å². The molecule has 10 nitrogen and oxygen atoms in total. The van der Waals surface area contributed by atoms with Crippen molar-refractivity contribution in [2.45, 2.75) is 17.8 Å². The first-order valence-corrected chi connectivity index (χ1v) is 11.9. The Morgan fingerprint density at radius 1 is 1.06 bits per heavy atom. The van der Waals surface area contributed by atoms with E-state index in [0.717, 1.165) is 9.78 Å². The van der Waals surface area contributed by atoms with Crippen LogP contribution in [-0.2, 0) is 25.5 Å². The van der Waals surface area contributed by atoms with Gasteiger partial charge in [0.25, 0.3) is 5.91 Å². The highest BCUT2D eigenvalue weighted by molar-refractivity contribution is 8.00. The number of fused-ring (bicyclic) bond motifs is 1. The SMILES string of the molecule is O=C(Cc1cccs1)N[C@@H]1C(=O)N2C(C(=O)O)=C(COC(=O)c3ccccc3C(=O)O)CS[C@H]12. The summed E-state index contributed by atoms with van der Waals surface area (Å²) >= 11 is 2.67. The number of hydrogen-bond donors (Lipinski definition) is 3. The zero-order chi connectivity index (χ0) is 24.4. The maximum absolute atomic E-state index is 12.7. The number of amides is 2. The van der Waals surface area contributed by atoms with E-state index in [9.17, 15) is 34.2 Å². The number of nitrogens with zero attached hydrogens (tertiary/aromatic N) is 1. The van der Waals surface area contributed by atoms with Crippen LogP contribution in [0.5, 0.6) is 0 Å². The summed E-state index contributed by atoms with van der Waals surface area (Å²) in [6.45, 7) is -0.423. The second-order valence-corrected chi connectivity index (χ2v) is 9.53. The van der Waals surface area contributed by atoms with Crippen molar-refractivity contribution in [3.63, 3.8) is 0 Å². The molecule has 12 heteroatoms. The second kappa shape index (κ2) is 9.69. The van der Waals surface area contributed by atoms with Crippen LogP contribution >= 0.6 is 23.1 Å². The number of thioether (sulfide) groups is 1. The zero-order valence-electron chi connectivity index (χ0n) is 17.4. The third-order valence-electron chi connectivity index (χ3n) is 5.24. The van der Waals surface area contributed by atoms with Crippen molar-refractivity contribution in [3.8, 4) is 0 Å². The van der Waals surface area contributed by atoms with E-state index in [1.165, 1.54) is 47.4 Å². The Morgan fingerprint density at radius 3 is 2.44 bits per heavy atom. The number of carbonyl (C=O) groups excluding carboxylic acids is 3. The molecule has 3 heterocycles. The molecule has 3 N–H and O–H groups in total. The van der Waals surface area contributed by atoms with Crippen molar-refractivity contribution in [1.82, 2.24) is 10.2 Å². The number of benzene rings is 1. The Bertz CT molecular complexity index is 1210. The fourth-order valence-electron chi connectivity index (χ4n) is 3.67. The molecule has 2 atom stereocenters. The number of ether oxygens (including phenoxy) is 1. The number of β-lactam (4-membered cyclic amide) rings is 1. The van der Waals surface area contributed by atoms with Crippen molar-refractivity contribution in [2.75, 3.05) is 12.4 Å². The number of rotatable bonds is 8. The third-order valence-corrected chi connectivity index (χ3v) is 7.45. The van der Waals surface area contributed by atoms with Crippen LogP contribution < -0.4 is 5.32 Å². The average molecular weight is 503 g/mol. The van der Waals surface area contributed by atoms with Gasteiger partial charge in [0.15, 0.2) is 0 Å². The van der Waals surface area contributed by atoms with Crippen LogP contribution in [0.4, 0.5) is 0 Å². The van der Waals surface area contributed by atoms with Gasteiger partial charge in [0.2, 0.25) is 5.91 Å². The molecule has 0 spiro atoms. The molecule has 1 saturated heterocycles. The van der Waals surface area contributed by atoms with E-state index in [0.29, 0.717) is 0 Å². The van der Waals surface area contributed by atoms with Crippen molar-refractivity contribution < 1.29 is 38.9 Å². The molecule has 4 rings (SSSR count). The standard InChI is InChI=1S/C22H18N2O8S2/c25-15(8-12-4-3-7-33-12)23-16-18(26)24-17(21(29)30)11(10-34-19(16)24)9-32-22(31)14-6-2-1-5-13(14)20(27)28/h1-7,16,19H,8-10H2,(H,23,25)(H,27,28)(H,29,30)/t16-,19-/m1/s1. The first kappa shape index (κ1) is 23.5. The van der Waals surface area contributed by atoms with Gasteiger partial charge in [-0.2, -0.15) is 0 Å². The smallest absolute Gasteiger partial charge is 0.352 e. The molecule has 0 radical (unpaired) electrons. The molecule has 0 aliphatic carbocycles. The van der Waals surface area contributed by atoms with E-state index in [4.69, 9.17) is 4.74 Å². The Kier molecular flexibility index (Phi) is 6.70. The lowest BCUT2D eigenvalue weighted by Gasteiger charge is -2.49. The van der Waals surface area contributed by atoms with Crippen molar-refractivity contribution >= 4 is 52.8 Å². The summed E-state index contributed by atoms with van der Waals surface area (Å²) in [7, 11) is 0. The first-order valence-electron chi connectivity index (χ1n) is 9.99. The van der Waals surface area contributed by atoms with Gasteiger partial charge in [-0.25, -0.2) is 14.4 Å². The van der Waals surface area contributed by atoms with Crippen LogP contribution in [0.25, 0.3) is 0 Å². The van der Waals surface area contributed by atoms with E-state index in [1.807, 2.05) is 17.5 Å². The Hall–Kier alpha value is -3.64. The topological polar surface area (TPSA) is 150 Å². The number of carboxylic acids is 2. The summed E-state index contributed by atoms with van der Waals surface area (Å²) in [4.78, 5) is 62.6. The van der Waals surface area contributed by atoms with Crippen LogP contribution in [0, 0.1) is 0 Å². The predicted octanol–water partition coefficient (Wildman–Crippen LogP) is 1.58. The van der Waals surface area contributed by atoms with Crippen LogP contribution in [0.3, 0.4) is 0 Å². The number of esters is 1. The number of aliphatic carboxylic acids is 1. The molecule has 0 unspecified atom stereocenters. The minimum atomic E-state index is -1.36. The molecule has 2 aromatic rings. The van der Waals surface area contributed by atoms with Gasteiger partial charge >= 0.3 is 17.9 Å². The van der Waals surface area contributed by atoms with Crippen molar-refractivity contribution in [3.05, 3.63) is 69.1 Å². The minimum absolute atomic E-state index is 0.124. The lowest BCUT2D eigenvalue weighted by Crippen LogP contribution is -2.70. The Balaban J connectivity index is 1.45. The highest BCUT2D eigenvalue weighted by Crippen LogP contribution is 2.40. The van der Waals surface area contributed by atoms with Gasteiger partial charge < -0.3 is 20.3 Å². The maximum atomic E-state index is 12.7. The summed E-state index contributed by atoms with van der Waals surface area (Å²) in [5, 5.41) is 22.9. The molecule has 1 fully saturated rings. The molecule has 176 valence electrons. The third kappa shape index (κ3) is 4.54. The van der Waals surface area contributed by atoms with E-state index >= 15 is 0 Å². The van der Waals surface area contributed by atoms with Gasteiger partial charge in [0, 0.05) is 16.2 Å². The van der Waals surface area contributed by atoms with Gasteiger partial charge in [0.1, 0.15) is 23.7 Å².